The largest absolute Gasteiger partial charge is 0.491 e. The first-order valence-corrected chi connectivity index (χ1v) is 10.4. The van der Waals surface area contributed by atoms with Gasteiger partial charge in [0.2, 0.25) is 15.5 Å². The Bertz CT molecular complexity index is 879. The number of nitrogens with zero attached hydrogens (tertiary/aromatic N) is 2. The van der Waals surface area contributed by atoms with Crippen LogP contribution in [0.2, 0.25) is 0 Å². The van der Waals surface area contributed by atoms with Gasteiger partial charge in [0.1, 0.15) is 0 Å². The standard InChI is InChI=1S/C14H18IN3O5S/c1-4-17-6-7-5-8(16-24(3,21)22)10-9(15)12(19)13(23-2)11(14(17)20)18(7)10/h7-8,16H,4-6H2,1-3H3/t7-,8?/m0/s1. The van der Waals surface area contributed by atoms with Gasteiger partial charge >= 0.3 is 0 Å². The van der Waals surface area contributed by atoms with Crippen molar-refractivity contribution in [2.24, 2.45) is 0 Å². The predicted octanol–water partition coefficient (Wildman–Crippen LogP) is 0.472. The zero-order chi connectivity index (χ0) is 17.8. The fourth-order valence-corrected chi connectivity index (χ4v) is 5.12. The molecular formula is C14H18IN3O5S. The summed E-state index contributed by atoms with van der Waals surface area (Å²) in [4.78, 5) is 27.0. The van der Waals surface area contributed by atoms with Crippen LogP contribution in [0.4, 0.5) is 0 Å². The number of hydrogen-bond donors (Lipinski definition) is 1. The molecule has 0 spiro atoms. The van der Waals surface area contributed by atoms with Gasteiger partial charge in [0, 0.05) is 13.1 Å². The third-order valence-electron chi connectivity index (χ3n) is 4.41. The van der Waals surface area contributed by atoms with E-state index in [2.05, 4.69) is 4.72 Å². The van der Waals surface area contributed by atoms with E-state index >= 15 is 0 Å². The van der Waals surface area contributed by atoms with E-state index in [-0.39, 0.29) is 28.8 Å². The van der Waals surface area contributed by atoms with Gasteiger partial charge in [-0.1, -0.05) is 0 Å². The summed E-state index contributed by atoms with van der Waals surface area (Å²) in [7, 11) is -2.09. The smallest absolute Gasteiger partial charge is 0.274 e. The van der Waals surface area contributed by atoms with Crippen molar-refractivity contribution in [3.05, 3.63) is 25.2 Å². The van der Waals surface area contributed by atoms with Gasteiger partial charge in [-0.3, -0.25) is 9.59 Å². The minimum Gasteiger partial charge on any atom is -0.491 e. The third kappa shape index (κ3) is 2.64. The molecule has 1 aromatic rings. The lowest BCUT2D eigenvalue weighted by molar-refractivity contribution is 0.0676. The maximum Gasteiger partial charge on any atom is 0.274 e. The number of amides is 1. The quantitative estimate of drug-likeness (QED) is 0.650. The fraction of sp³-hybridized carbons (Fsp3) is 0.571. The van der Waals surface area contributed by atoms with Gasteiger partial charge in [-0.15, -0.1) is 0 Å². The summed E-state index contributed by atoms with van der Waals surface area (Å²) < 4.78 is 33.4. The van der Waals surface area contributed by atoms with Crippen LogP contribution < -0.4 is 14.9 Å². The van der Waals surface area contributed by atoms with Crippen LogP contribution in [-0.4, -0.2) is 50.2 Å². The number of nitrogens with one attached hydrogen (secondary N) is 1. The minimum absolute atomic E-state index is 0.0244. The first-order chi connectivity index (χ1) is 11.2. The van der Waals surface area contributed by atoms with Crippen LogP contribution in [0.1, 0.15) is 41.6 Å². The summed E-state index contributed by atoms with van der Waals surface area (Å²) in [6.45, 7) is 2.87. The number of sulfonamides is 1. The number of pyridine rings is 1. The zero-order valence-electron chi connectivity index (χ0n) is 13.5. The van der Waals surface area contributed by atoms with E-state index in [1.54, 1.807) is 9.47 Å². The molecule has 0 aromatic carbocycles. The number of rotatable bonds is 4. The van der Waals surface area contributed by atoms with Crippen molar-refractivity contribution in [1.82, 2.24) is 14.2 Å². The topological polar surface area (TPSA) is 97.7 Å². The molecule has 10 heteroatoms. The molecule has 1 aromatic heterocycles. The Morgan fingerprint density at radius 1 is 1.38 bits per heavy atom. The van der Waals surface area contributed by atoms with E-state index in [0.717, 1.165) is 6.26 Å². The highest BCUT2D eigenvalue weighted by molar-refractivity contribution is 14.1. The van der Waals surface area contributed by atoms with Crippen LogP contribution >= 0.6 is 22.6 Å². The summed E-state index contributed by atoms with van der Waals surface area (Å²) in [5, 5.41) is 0. The Hall–Kier alpha value is -1.14. The molecule has 24 heavy (non-hydrogen) atoms. The summed E-state index contributed by atoms with van der Waals surface area (Å²) >= 11 is 1.90. The molecule has 2 aliphatic heterocycles. The highest BCUT2D eigenvalue weighted by Crippen LogP contribution is 2.42. The Morgan fingerprint density at radius 3 is 2.58 bits per heavy atom. The monoisotopic (exact) mass is 467 g/mol. The van der Waals surface area contributed by atoms with Crippen molar-refractivity contribution in [3.63, 3.8) is 0 Å². The molecule has 0 saturated carbocycles. The summed E-state index contributed by atoms with van der Waals surface area (Å²) in [6.07, 6.45) is 1.58. The van der Waals surface area contributed by atoms with Crippen molar-refractivity contribution >= 4 is 38.5 Å². The van der Waals surface area contributed by atoms with E-state index in [4.69, 9.17) is 4.74 Å². The van der Waals surface area contributed by atoms with Gasteiger partial charge < -0.3 is 14.2 Å². The van der Waals surface area contributed by atoms with Gasteiger partial charge in [-0.2, -0.15) is 0 Å². The molecule has 1 amide bonds. The number of hydrogen-bond acceptors (Lipinski definition) is 5. The normalized spacial score (nSPS) is 22.7. The number of ether oxygens (including phenoxy) is 1. The van der Waals surface area contributed by atoms with Crippen LogP contribution in [0.15, 0.2) is 4.79 Å². The van der Waals surface area contributed by atoms with Crippen LogP contribution in [0.5, 0.6) is 5.75 Å². The molecule has 2 atom stereocenters. The molecule has 0 fully saturated rings. The second kappa shape index (κ2) is 5.99. The van der Waals surface area contributed by atoms with Crippen molar-refractivity contribution < 1.29 is 17.9 Å². The van der Waals surface area contributed by atoms with Gasteiger partial charge in [-0.05, 0) is 35.9 Å². The highest BCUT2D eigenvalue weighted by atomic mass is 127. The van der Waals surface area contributed by atoms with Crippen LogP contribution in [0.25, 0.3) is 0 Å². The first kappa shape index (κ1) is 17.7. The summed E-state index contributed by atoms with van der Waals surface area (Å²) in [6, 6.07) is -0.617. The molecule has 0 aliphatic carbocycles. The Labute approximate surface area is 153 Å². The molecule has 132 valence electrons. The lowest BCUT2D eigenvalue weighted by Crippen LogP contribution is -2.44. The average molecular weight is 467 g/mol. The van der Waals surface area contributed by atoms with E-state index < -0.39 is 16.1 Å². The van der Waals surface area contributed by atoms with Crippen LogP contribution in [-0.2, 0) is 10.0 Å². The van der Waals surface area contributed by atoms with E-state index in [1.165, 1.54) is 7.11 Å². The Balaban J connectivity index is 2.29. The van der Waals surface area contributed by atoms with Gasteiger partial charge in [-0.25, -0.2) is 13.1 Å². The average Bonchev–Trinajstić information content (AvgIpc) is 2.83. The summed E-state index contributed by atoms with van der Waals surface area (Å²) in [5.41, 5.74) is 0.386. The molecule has 3 rings (SSSR count). The first-order valence-electron chi connectivity index (χ1n) is 7.48. The van der Waals surface area contributed by atoms with Crippen LogP contribution in [0.3, 0.4) is 0 Å². The number of carbonyl (C=O) groups excluding carboxylic acids is 1. The molecule has 1 N–H and O–H groups in total. The number of likely N-dealkylation sites (N-methyl/N-ethyl adjacent to an activating group) is 1. The molecule has 0 saturated heterocycles. The van der Waals surface area contributed by atoms with Crippen molar-refractivity contribution in [3.8, 4) is 5.75 Å². The maximum absolute atomic E-state index is 12.8. The van der Waals surface area contributed by atoms with Gasteiger partial charge in [0.25, 0.3) is 5.91 Å². The third-order valence-corrected chi connectivity index (χ3v) is 6.17. The van der Waals surface area contributed by atoms with Crippen molar-refractivity contribution in [2.45, 2.75) is 25.4 Å². The number of carbonyl (C=O) groups is 1. The zero-order valence-corrected chi connectivity index (χ0v) is 16.5. The molecule has 3 heterocycles. The van der Waals surface area contributed by atoms with Gasteiger partial charge in [0.15, 0.2) is 11.4 Å². The number of halogens is 1. The SMILES string of the molecule is CCN1C[C@@H]2CC(NS(C)(=O)=O)c3c(I)c(=O)c(OC)c(n32)C1=O. The predicted molar refractivity (Wildman–Crippen MR) is 95.9 cm³/mol. The Kier molecular flexibility index (Phi) is 4.41. The molecule has 0 radical (unpaired) electrons. The maximum atomic E-state index is 12.8. The molecular weight excluding hydrogens is 449 g/mol. The van der Waals surface area contributed by atoms with Crippen molar-refractivity contribution in [2.75, 3.05) is 26.5 Å². The highest BCUT2D eigenvalue weighted by Gasteiger charge is 2.44. The lowest BCUT2D eigenvalue weighted by Gasteiger charge is -2.34. The molecule has 8 nitrogen and oxygen atoms in total. The molecule has 2 aliphatic rings. The van der Waals surface area contributed by atoms with Crippen LogP contribution in [0, 0.1) is 3.57 Å². The fourth-order valence-electron chi connectivity index (χ4n) is 3.52. The second-order valence-corrected chi connectivity index (χ2v) is 8.81. The van der Waals surface area contributed by atoms with E-state index in [0.29, 0.717) is 28.8 Å². The number of aromatic nitrogens is 1. The lowest BCUT2D eigenvalue weighted by atomic mass is 10.1. The molecule has 1 unspecified atom stereocenters. The van der Waals surface area contributed by atoms with Gasteiger partial charge in [0.05, 0.1) is 34.7 Å². The van der Waals surface area contributed by atoms with Crippen molar-refractivity contribution in [1.29, 1.82) is 0 Å². The second-order valence-electron chi connectivity index (χ2n) is 5.96. The number of methoxy groups -OCH3 is 1. The summed E-state index contributed by atoms with van der Waals surface area (Å²) in [5.74, 6) is -0.239. The van der Waals surface area contributed by atoms with E-state index in [1.807, 2.05) is 29.5 Å². The molecule has 0 bridgehead atoms. The van der Waals surface area contributed by atoms with E-state index in [9.17, 15) is 18.0 Å². The minimum atomic E-state index is -3.45. The Morgan fingerprint density at radius 2 is 2.04 bits per heavy atom.